The van der Waals surface area contributed by atoms with Crippen LogP contribution in [-0.4, -0.2) is 8.42 Å². The molecule has 0 aliphatic rings. The van der Waals surface area contributed by atoms with Crippen LogP contribution in [0.15, 0.2) is 65.6 Å². The second-order valence-electron chi connectivity index (χ2n) is 6.39. The van der Waals surface area contributed by atoms with Crippen molar-refractivity contribution >= 4 is 56.2 Å². The Balaban J connectivity index is 1.80. The Kier molecular flexibility index (Phi) is 6.95. The van der Waals surface area contributed by atoms with Crippen LogP contribution in [0, 0.1) is 0 Å². The van der Waals surface area contributed by atoms with Gasteiger partial charge in [-0.1, -0.05) is 53.0 Å². The van der Waals surface area contributed by atoms with Crippen LogP contribution in [-0.2, 0) is 22.7 Å². The topological polar surface area (TPSA) is 58.2 Å². The van der Waals surface area contributed by atoms with Gasteiger partial charge in [-0.15, -0.1) is 0 Å². The van der Waals surface area contributed by atoms with E-state index in [1.54, 1.807) is 36.4 Å². The molecular formula is C20H14Cl3F3N2O2S. The third-order valence-corrected chi connectivity index (χ3v) is 6.80. The summed E-state index contributed by atoms with van der Waals surface area (Å²) in [6.45, 7) is 0.208. The van der Waals surface area contributed by atoms with Gasteiger partial charge in [0.25, 0.3) is 10.0 Å². The predicted molar refractivity (Wildman–Crippen MR) is 117 cm³/mol. The molecule has 3 aromatic rings. The zero-order valence-electron chi connectivity index (χ0n) is 15.5. The average molecular weight is 510 g/mol. The Hall–Kier alpha value is -2.13. The monoisotopic (exact) mass is 508 g/mol. The molecule has 0 spiro atoms. The number of rotatable bonds is 6. The molecule has 0 aliphatic carbocycles. The standard InChI is InChI=1S/C20H14Cl3F3N2O2S/c21-16-9-14(10-17(22)19(16)23)27-11-12-3-1-2-4-18(12)28-31(29,30)15-7-5-13(6-8-15)20(24,25)26/h1-10,27-28H,11H2. The number of benzene rings is 3. The van der Waals surface area contributed by atoms with E-state index in [9.17, 15) is 21.6 Å². The van der Waals surface area contributed by atoms with Crippen molar-refractivity contribution in [3.8, 4) is 0 Å². The highest BCUT2D eigenvalue weighted by atomic mass is 35.5. The van der Waals surface area contributed by atoms with Crippen molar-refractivity contribution in [1.29, 1.82) is 0 Å². The summed E-state index contributed by atoms with van der Waals surface area (Å²) in [5.74, 6) is 0. The maximum absolute atomic E-state index is 12.7. The van der Waals surface area contributed by atoms with Crippen LogP contribution in [0.3, 0.4) is 0 Å². The summed E-state index contributed by atoms with van der Waals surface area (Å²) in [5, 5.41) is 3.81. The fraction of sp³-hybridized carbons (Fsp3) is 0.100. The summed E-state index contributed by atoms with van der Waals surface area (Å²) in [7, 11) is -4.10. The van der Waals surface area contributed by atoms with Gasteiger partial charge in [-0.25, -0.2) is 8.42 Å². The van der Waals surface area contributed by atoms with Crippen molar-refractivity contribution in [1.82, 2.24) is 0 Å². The van der Waals surface area contributed by atoms with Crippen molar-refractivity contribution in [3.63, 3.8) is 0 Å². The van der Waals surface area contributed by atoms with E-state index in [1.165, 1.54) is 0 Å². The van der Waals surface area contributed by atoms with Crippen LogP contribution in [0.5, 0.6) is 0 Å². The zero-order valence-corrected chi connectivity index (χ0v) is 18.6. The molecule has 0 amide bonds. The fourth-order valence-electron chi connectivity index (χ4n) is 2.66. The van der Waals surface area contributed by atoms with Crippen LogP contribution in [0.2, 0.25) is 15.1 Å². The summed E-state index contributed by atoms with van der Waals surface area (Å²) in [5.41, 5.74) is 0.484. The van der Waals surface area contributed by atoms with Gasteiger partial charge in [0.2, 0.25) is 0 Å². The molecular weight excluding hydrogens is 496 g/mol. The maximum atomic E-state index is 12.7. The molecule has 3 rings (SSSR count). The van der Waals surface area contributed by atoms with Gasteiger partial charge < -0.3 is 5.32 Å². The van der Waals surface area contributed by atoms with Gasteiger partial charge in [0.05, 0.1) is 31.2 Å². The highest BCUT2D eigenvalue weighted by Gasteiger charge is 2.30. The summed E-state index contributed by atoms with van der Waals surface area (Å²) in [4.78, 5) is -0.292. The van der Waals surface area contributed by atoms with Crippen molar-refractivity contribution in [3.05, 3.63) is 86.9 Å². The van der Waals surface area contributed by atoms with E-state index >= 15 is 0 Å². The molecule has 0 heterocycles. The highest BCUT2D eigenvalue weighted by Crippen LogP contribution is 2.34. The number of para-hydroxylation sites is 1. The van der Waals surface area contributed by atoms with Gasteiger partial charge in [-0.3, -0.25) is 4.72 Å². The first kappa shape index (κ1) is 23.5. The summed E-state index contributed by atoms with van der Waals surface area (Å²) < 4.78 is 65.9. The summed E-state index contributed by atoms with van der Waals surface area (Å²) >= 11 is 17.9. The van der Waals surface area contributed by atoms with Crippen LogP contribution in [0.25, 0.3) is 0 Å². The molecule has 0 atom stereocenters. The fourth-order valence-corrected chi connectivity index (χ4v) is 4.35. The second-order valence-corrected chi connectivity index (χ2v) is 9.27. The van der Waals surface area contributed by atoms with Gasteiger partial charge in [0.1, 0.15) is 0 Å². The molecule has 0 aromatic heterocycles. The quantitative estimate of drug-likeness (QED) is 0.349. The van der Waals surface area contributed by atoms with Crippen molar-refractivity contribution in [2.45, 2.75) is 17.6 Å². The van der Waals surface area contributed by atoms with Crippen LogP contribution in [0.4, 0.5) is 24.5 Å². The maximum Gasteiger partial charge on any atom is 0.416 e. The second kappa shape index (κ2) is 9.16. The van der Waals surface area contributed by atoms with E-state index < -0.39 is 21.8 Å². The summed E-state index contributed by atoms with van der Waals surface area (Å²) in [6, 6.07) is 13.0. The molecule has 2 N–H and O–H groups in total. The molecule has 0 radical (unpaired) electrons. The minimum atomic E-state index is -4.55. The Morgan fingerprint density at radius 2 is 1.45 bits per heavy atom. The number of hydrogen-bond donors (Lipinski definition) is 2. The van der Waals surface area contributed by atoms with Gasteiger partial charge >= 0.3 is 6.18 Å². The lowest BCUT2D eigenvalue weighted by molar-refractivity contribution is -0.137. The number of anilines is 2. The van der Waals surface area contributed by atoms with Crippen molar-refractivity contribution in [2.75, 3.05) is 10.0 Å². The lowest BCUT2D eigenvalue weighted by Gasteiger charge is -2.15. The van der Waals surface area contributed by atoms with Gasteiger partial charge in [0.15, 0.2) is 0 Å². The smallest absolute Gasteiger partial charge is 0.381 e. The molecule has 0 saturated heterocycles. The van der Waals surface area contributed by atoms with Crippen LogP contribution >= 0.6 is 34.8 Å². The third-order valence-electron chi connectivity index (χ3n) is 4.22. The van der Waals surface area contributed by atoms with Gasteiger partial charge in [-0.05, 0) is 48.0 Å². The average Bonchev–Trinajstić information content (AvgIpc) is 2.70. The molecule has 0 fully saturated rings. The minimum absolute atomic E-state index is 0.208. The number of sulfonamides is 1. The Bertz CT molecular complexity index is 1180. The third kappa shape index (κ3) is 5.77. The molecule has 4 nitrogen and oxygen atoms in total. The van der Waals surface area contributed by atoms with Crippen molar-refractivity contribution in [2.24, 2.45) is 0 Å². The molecule has 164 valence electrons. The van der Waals surface area contributed by atoms with Crippen LogP contribution < -0.4 is 10.0 Å². The molecule has 0 bridgehead atoms. The number of nitrogens with one attached hydrogen (secondary N) is 2. The highest BCUT2D eigenvalue weighted by molar-refractivity contribution is 7.92. The number of halogens is 6. The van der Waals surface area contributed by atoms with E-state index in [4.69, 9.17) is 34.8 Å². The van der Waals surface area contributed by atoms with Gasteiger partial charge in [-0.2, -0.15) is 13.2 Å². The van der Waals surface area contributed by atoms with E-state index in [1.807, 2.05) is 0 Å². The Morgan fingerprint density at radius 3 is 2.03 bits per heavy atom. The Morgan fingerprint density at radius 1 is 0.871 bits per heavy atom. The van der Waals surface area contributed by atoms with E-state index in [-0.39, 0.29) is 32.2 Å². The number of hydrogen-bond acceptors (Lipinski definition) is 3. The SMILES string of the molecule is O=S(=O)(Nc1ccccc1CNc1cc(Cl)c(Cl)c(Cl)c1)c1ccc(C(F)(F)F)cc1. The number of alkyl halides is 3. The first-order valence-electron chi connectivity index (χ1n) is 8.64. The molecule has 0 aliphatic heterocycles. The molecule has 3 aromatic carbocycles. The minimum Gasteiger partial charge on any atom is -0.381 e. The molecule has 0 unspecified atom stereocenters. The first-order valence-corrected chi connectivity index (χ1v) is 11.3. The first-order chi connectivity index (χ1) is 14.5. The van der Waals surface area contributed by atoms with Gasteiger partial charge in [0, 0.05) is 12.2 Å². The largest absolute Gasteiger partial charge is 0.416 e. The van der Waals surface area contributed by atoms with Crippen molar-refractivity contribution < 1.29 is 21.6 Å². The zero-order chi connectivity index (χ0) is 22.8. The molecule has 0 saturated carbocycles. The molecule has 31 heavy (non-hydrogen) atoms. The lowest BCUT2D eigenvalue weighted by atomic mass is 10.2. The van der Waals surface area contributed by atoms with E-state index in [2.05, 4.69) is 10.0 Å². The molecule has 11 heteroatoms. The van der Waals surface area contributed by atoms with E-state index in [0.29, 0.717) is 11.3 Å². The Labute approximate surface area is 192 Å². The van der Waals surface area contributed by atoms with Crippen LogP contribution in [0.1, 0.15) is 11.1 Å². The normalized spacial score (nSPS) is 11.9. The summed E-state index contributed by atoms with van der Waals surface area (Å²) in [6.07, 6.45) is -4.55. The van der Waals surface area contributed by atoms with E-state index in [0.717, 1.165) is 24.3 Å². The predicted octanol–water partition coefficient (Wildman–Crippen LogP) is 7.08. The lowest BCUT2D eigenvalue weighted by Crippen LogP contribution is -2.15.